The summed E-state index contributed by atoms with van der Waals surface area (Å²) in [4.78, 5) is 21.3. The second-order valence-electron chi connectivity index (χ2n) is 5.60. The summed E-state index contributed by atoms with van der Waals surface area (Å²) in [6.07, 6.45) is 1.73. The predicted octanol–water partition coefficient (Wildman–Crippen LogP) is 3.13. The quantitative estimate of drug-likeness (QED) is 0.883. The number of alkyl halides is 1. The summed E-state index contributed by atoms with van der Waals surface area (Å²) in [5, 5.41) is 2.62. The van der Waals surface area contributed by atoms with Crippen molar-refractivity contribution in [1.29, 1.82) is 0 Å². The zero-order valence-electron chi connectivity index (χ0n) is 13.0. The molecule has 1 amide bonds. The molecule has 2 aromatic heterocycles. The minimum Gasteiger partial charge on any atom is -0.352 e. The molecular formula is C15H21ClN4O. The highest BCUT2D eigenvalue weighted by atomic mass is 35.5. The van der Waals surface area contributed by atoms with E-state index in [9.17, 15) is 4.79 Å². The van der Waals surface area contributed by atoms with Crippen LogP contribution >= 0.6 is 11.6 Å². The second kappa shape index (κ2) is 6.02. The number of nitrogens with one attached hydrogen (secondary N) is 1. The van der Waals surface area contributed by atoms with Crippen LogP contribution in [0.2, 0.25) is 0 Å². The van der Waals surface area contributed by atoms with Gasteiger partial charge in [0.05, 0.1) is 5.38 Å². The van der Waals surface area contributed by atoms with Gasteiger partial charge in [-0.05, 0) is 46.2 Å². The first-order chi connectivity index (χ1) is 9.82. The number of fused-ring (bicyclic) bond motifs is 1. The van der Waals surface area contributed by atoms with E-state index in [1.165, 1.54) is 0 Å². The van der Waals surface area contributed by atoms with Crippen LogP contribution in [-0.2, 0) is 4.79 Å². The molecule has 2 heterocycles. The summed E-state index contributed by atoms with van der Waals surface area (Å²) in [6.45, 7) is 9.53. The molecule has 0 aliphatic carbocycles. The summed E-state index contributed by atoms with van der Waals surface area (Å²) < 4.78 is 1.83. The Morgan fingerprint density at radius 1 is 1.33 bits per heavy atom. The van der Waals surface area contributed by atoms with Gasteiger partial charge in [0.25, 0.3) is 0 Å². The predicted molar refractivity (Wildman–Crippen MR) is 84.5 cm³/mol. The van der Waals surface area contributed by atoms with Crippen molar-refractivity contribution in [3.63, 3.8) is 0 Å². The monoisotopic (exact) mass is 308 g/mol. The summed E-state index contributed by atoms with van der Waals surface area (Å²) in [5.74, 6) is 0.603. The normalized spacial score (nSPS) is 14.4. The van der Waals surface area contributed by atoms with Gasteiger partial charge in [0.2, 0.25) is 5.91 Å². The lowest BCUT2D eigenvalue weighted by Crippen LogP contribution is -2.36. The standard InChI is InChI=1S/C15H21ClN4O/c1-8(2)18-15(21)11(5)20-13(10(4)16)19-12-9(3)6-7-17-14(12)20/h6-8,10-11H,1-5H3,(H,18,21). The van der Waals surface area contributed by atoms with Gasteiger partial charge in [0, 0.05) is 12.2 Å². The molecule has 0 aromatic carbocycles. The molecule has 0 fully saturated rings. The number of carbonyl (C=O) groups excluding carboxylic acids is 1. The zero-order chi connectivity index (χ0) is 15.7. The summed E-state index contributed by atoms with van der Waals surface area (Å²) in [7, 11) is 0. The molecule has 0 radical (unpaired) electrons. The molecule has 5 nitrogen and oxygen atoms in total. The zero-order valence-corrected chi connectivity index (χ0v) is 13.8. The minimum atomic E-state index is -0.414. The van der Waals surface area contributed by atoms with Crippen molar-refractivity contribution < 1.29 is 4.79 Å². The molecule has 0 spiro atoms. The van der Waals surface area contributed by atoms with Crippen LogP contribution in [0.1, 0.15) is 50.5 Å². The molecule has 21 heavy (non-hydrogen) atoms. The number of nitrogens with zero attached hydrogens (tertiary/aromatic N) is 3. The molecular weight excluding hydrogens is 288 g/mol. The third-order valence-electron chi connectivity index (χ3n) is 3.36. The van der Waals surface area contributed by atoms with E-state index < -0.39 is 6.04 Å². The number of rotatable bonds is 4. The Morgan fingerprint density at radius 3 is 2.57 bits per heavy atom. The first-order valence-corrected chi connectivity index (χ1v) is 7.54. The van der Waals surface area contributed by atoms with Crippen LogP contribution in [0.5, 0.6) is 0 Å². The smallest absolute Gasteiger partial charge is 0.243 e. The van der Waals surface area contributed by atoms with E-state index in [1.54, 1.807) is 6.20 Å². The Bertz CT molecular complexity index is 663. The number of pyridine rings is 1. The minimum absolute atomic E-state index is 0.0637. The molecule has 2 atom stereocenters. The molecule has 1 N–H and O–H groups in total. The van der Waals surface area contributed by atoms with Crippen molar-refractivity contribution in [2.45, 2.75) is 52.1 Å². The fraction of sp³-hybridized carbons (Fsp3) is 0.533. The van der Waals surface area contributed by atoms with Crippen LogP contribution in [0.3, 0.4) is 0 Å². The Balaban J connectivity index is 2.58. The van der Waals surface area contributed by atoms with Crippen LogP contribution in [0.4, 0.5) is 0 Å². The van der Waals surface area contributed by atoms with Crippen molar-refractivity contribution in [1.82, 2.24) is 19.9 Å². The molecule has 0 saturated heterocycles. The summed E-state index contributed by atoms with van der Waals surface area (Å²) >= 11 is 6.24. The van der Waals surface area contributed by atoms with Gasteiger partial charge < -0.3 is 5.32 Å². The van der Waals surface area contributed by atoms with Gasteiger partial charge in [0.15, 0.2) is 5.65 Å². The summed E-state index contributed by atoms with van der Waals surface area (Å²) in [5.41, 5.74) is 2.52. The van der Waals surface area contributed by atoms with Crippen molar-refractivity contribution in [3.05, 3.63) is 23.7 Å². The number of halogens is 1. The largest absolute Gasteiger partial charge is 0.352 e. The van der Waals surface area contributed by atoms with Gasteiger partial charge in [-0.15, -0.1) is 11.6 Å². The first-order valence-electron chi connectivity index (χ1n) is 7.10. The maximum atomic E-state index is 12.3. The molecule has 2 unspecified atom stereocenters. The van der Waals surface area contributed by atoms with E-state index in [2.05, 4.69) is 15.3 Å². The van der Waals surface area contributed by atoms with Gasteiger partial charge in [0.1, 0.15) is 17.4 Å². The lowest BCUT2D eigenvalue weighted by Gasteiger charge is -2.19. The van der Waals surface area contributed by atoms with Gasteiger partial charge in [-0.3, -0.25) is 9.36 Å². The fourth-order valence-corrected chi connectivity index (χ4v) is 2.47. The molecule has 114 valence electrons. The van der Waals surface area contributed by atoms with Gasteiger partial charge in [-0.2, -0.15) is 0 Å². The lowest BCUT2D eigenvalue weighted by atomic mass is 10.2. The van der Waals surface area contributed by atoms with E-state index in [4.69, 9.17) is 11.6 Å². The highest BCUT2D eigenvalue weighted by molar-refractivity contribution is 6.20. The number of aromatic nitrogens is 3. The third kappa shape index (κ3) is 3.02. The molecule has 6 heteroatoms. The number of hydrogen-bond donors (Lipinski definition) is 1. The van der Waals surface area contributed by atoms with Crippen molar-refractivity contribution >= 4 is 28.7 Å². The highest BCUT2D eigenvalue weighted by Crippen LogP contribution is 2.28. The van der Waals surface area contributed by atoms with Crippen molar-refractivity contribution in [2.75, 3.05) is 0 Å². The SMILES string of the molecule is Cc1ccnc2c1nc(C(C)Cl)n2C(C)C(=O)NC(C)C. The highest BCUT2D eigenvalue weighted by Gasteiger charge is 2.25. The molecule has 0 saturated carbocycles. The molecule has 2 rings (SSSR count). The lowest BCUT2D eigenvalue weighted by molar-refractivity contribution is -0.124. The van der Waals surface area contributed by atoms with E-state index >= 15 is 0 Å². The molecule has 0 aliphatic heterocycles. The van der Waals surface area contributed by atoms with Gasteiger partial charge >= 0.3 is 0 Å². The fourth-order valence-electron chi connectivity index (χ4n) is 2.31. The average molecular weight is 309 g/mol. The molecule has 2 aromatic rings. The van der Waals surface area contributed by atoms with Gasteiger partial charge in [-0.25, -0.2) is 9.97 Å². The van der Waals surface area contributed by atoms with E-state index in [1.807, 2.05) is 45.3 Å². The second-order valence-corrected chi connectivity index (χ2v) is 6.25. The Labute approximate surface area is 129 Å². The maximum Gasteiger partial charge on any atom is 0.243 e. The number of aryl methyl sites for hydroxylation is 1. The average Bonchev–Trinajstić information content (AvgIpc) is 2.78. The Morgan fingerprint density at radius 2 is 2.00 bits per heavy atom. The van der Waals surface area contributed by atoms with Crippen LogP contribution in [0.15, 0.2) is 12.3 Å². The molecule has 0 aliphatic rings. The number of hydrogen-bond acceptors (Lipinski definition) is 3. The van der Waals surface area contributed by atoms with E-state index in [0.29, 0.717) is 11.5 Å². The Kier molecular flexibility index (Phi) is 4.52. The van der Waals surface area contributed by atoms with Crippen LogP contribution in [0.25, 0.3) is 11.2 Å². The van der Waals surface area contributed by atoms with E-state index in [-0.39, 0.29) is 17.3 Å². The van der Waals surface area contributed by atoms with Crippen LogP contribution < -0.4 is 5.32 Å². The Hall–Kier alpha value is -1.62. The topological polar surface area (TPSA) is 59.8 Å². The first kappa shape index (κ1) is 15.8. The molecule has 0 bridgehead atoms. The number of carbonyl (C=O) groups is 1. The van der Waals surface area contributed by atoms with Crippen molar-refractivity contribution in [2.24, 2.45) is 0 Å². The van der Waals surface area contributed by atoms with Crippen LogP contribution in [0, 0.1) is 6.92 Å². The van der Waals surface area contributed by atoms with Crippen molar-refractivity contribution in [3.8, 4) is 0 Å². The maximum absolute atomic E-state index is 12.3. The third-order valence-corrected chi connectivity index (χ3v) is 3.56. The van der Waals surface area contributed by atoms with Crippen LogP contribution in [-0.4, -0.2) is 26.5 Å². The van der Waals surface area contributed by atoms with E-state index in [0.717, 1.165) is 11.1 Å². The number of amides is 1. The van der Waals surface area contributed by atoms with Gasteiger partial charge in [-0.1, -0.05) is 0 Å². The summed E-state index contributed by atoms with van der Waals surface area (Å²) in [6, 6.07) is 1.57. The number of imidazole rings is 1.